The van der Waals surface area contributed by atoms with Gasteiger partial charge in [-0.05, 0) is 92.1 Å². The number of nitrogens with one attached hydrogen (secondary N) is 2. The van der Waals surface area contributed by atoms with Gasteiger partial charge in [0.05, 0.1) is 6.61 Å². The molecular formula is C27H38N4O. The lowest BCUT2D eigenvalue weighted by molar-refractivity contribution is 0.230. The van der Waals surface area contributed by atoms with Gasteiger partial charge in [0.15, 0.2) is 0 Å². The topological polar surface area (TPSA) is 61.8 Å². The van der Waals surface area contributed by atoms with E-state index >= 15 is 0 Å². The molecule has 2 aromatic rings. The average molecular weight is 435 g/mol. The molecule has 5 nitrogen and oxygen atoms in total. The molecule has 0 saturated carbocycles. The van der Waals surface area contributed by atoms with E-state index in [2.05, 4.69) is 71.4 Å². The molecular weight excluding hydrogens is 396 g/mol. The van der Waals surface area contributed by atoms with Crippen LogP contribution in [0.4, 0.5) is 0 Å². The van der Waals surface area contributed by atoms with Crippen LogP contribution in [0.1, 0.15) is 69.2 Å². The first kappa shape index (κ1) is 24.1. The molecule has 0 amide bonds. The first-order chi connectivity index (χ1) is 15.5. The van der Waals surface area contributed by atoms with Crippen LogP contribution in [0.3, 0.4) is 0 Å². The Labute approximate surface area is 192 Å². The summed E-state index contributed by atoms with van der Waals surface area (Å²) >= 11 is 0. The Hall–Kier alpha value is -2.50. The van der Waals surface area contributed by atoms with Crippen molar-refractivity contribution in [3.05, 3.63) is 52.7 Å². The van der Waals surface area contributed by atoms with Crippen LogP contribution in [-0.2, 0) is 4.74 Å². The molecule has 1 aromatic carbocycles. The minimum atomic E-state index is 0.401. The number of hydrogen-bond acceptors (Lipinski definition) is 3. The third-order valence-corrected chi connectivity index (χ3v) is 6.31. The van der Waals surface area contributed by atoms with E-state index in [0.717, 1.165) is 29.9 Å². The van der Waals surface area contributed by atoms with Crippen molar-refractivity contribution in [1.82, 2.24) is 10.3 Å². The maximum Gasteiger partial charge on any atom is 0.109 e. The number of nitrogens with zero attached hydrogens (tertiary/aromatic N) is 2. The van der Waals surface area contributed by atoms with Gasteiger partial charge in [-0.2, -0.15) is 0 Å². The van der Waals surface area contributed by atoms with Crippen LogP contribution >= 0.6 is 0 Å². The van der Waals surface area contributed by atoms with Crippen LogP contribution in [0, 0.1) is 0 Å². The molecule has 0 radical (unpaired) electrons. The standard InChI is InChI=1S/C27H38N4O/c1-7-20(14-23(16-32-6)19(4)30-17-28-5)27-26(18(2)3)24-15-22(8-9-25(24)31-27)21-10-12-29-13-11-21/h7-9,14-15,17-18,21,29,31H,10-13,16H2,1-6H3/b20-7+,23-14-,28-17?,30-19?. The van der Waals surface area contributed by atoms with Crippen LogP contribution in [0.5, 0.6) is 0 Å². The van der Waals surface area contributed by atoms with Gasteiger partial charge < -0.3 is 15.0 Å². The Morgan fingerprint density at radius 1 is 1.25 bits per heavy atom. The van der Waals surface area contributed by atoms with Crippen molar-refractivity contribution in [2.24, 2.45) is 9.98 Å². The maximum absolute atomic E-state index is 5.47. The Bertz CT molecular complexity index is 1030. The maximum atomic E-state index is 5.47. The van der Waals surface area contributed by atoms with E-state index in [1.54, 1.807) is 20.5 Å². The zero-order valence-corrected chi connectivity index (χ0v) is 20.5. The second-order valence-electron chi connectivity index (χ2n) is 8.83. The average Bonchev–Trinajstić information content (AvgIpc) is 3.19. The van der Waals surface area contributed by atoms with E-state index in [0.29, 0.717) is 18.4 Å². The van der Waals surface area contributed by atoms with E-state index in [1.165, 1.54) is 40.6 Å². The normalized spacial score (nSPS) is 17.3. The van der Waals surface area contributed by atoms with E-state index in [1.807, 2.05) is 6.92 Å². The van der Waals surface area contributed by atoms with Gasteiger partial charge in [0.2, 0.25) is 0 Å². The number of benzene rings is 1. The lowest BCUT2D eigenvalue weighted by Crippen LogP contribution is -2.26. The molecule has 3 rings (SSSR count). The van der Waals surface area contributed by atoms with Crippen LogP contribution in [-0.4, -0.2) is 50.9 Å². The summed E-state index contributed by atoms with van der Waals surface area (Å²) in [5.41, 5.74) is 8.34. The summed E-state index contributed by atoms with van der Waals surface area (Å²) in [5, 5.41) is 4.82. The van der Waals surface area contributed by atoms with Crippen molar-refractivity contribution in [1.29, 1.82) is 0 Å². The fourth-order valence-electron chi connectivity index (χ4n) is 4.59. The summed E-state index contributed by atoms with van der Waals surface area (Å²) in [6, 6.07) is 7.00. The second kappa shape index (κ2) is 11.4. The fraction of sp³-hybridized carbons (Fsp3) is 0.481. The van der Waals surface area contributed by atoms with Crippen LogP contribution in [0.2, 0.25) is 0 Å². The summed E-state index contributed by atoms with van der Waals surface area (Å²) in [4.78, 5) is 12.1. The summed E-state index contributed by atoms with van der Waals surface area (Å²) in [7, 11) is 3.44. The van der Waals surface area contributed by atoms with Gasteiger partial charge in [0.25, 0.3) is 0 Å². The van der Waals surface area contributed by atoms with Crippen LogP contribution in [0.25, 0.3) is 16.5 Å². The SMILES string of the molecule is C/C=C(\C=C(\COC)C(C)=NC=NC)c1[nH]c2ccc(C3CCNCC3)cc2c1C(C)C. The van der Waals surface area contributed by atoms with Crippen molar-refractivity contribution in [2.45, 2.75) is 52.4 Å². The van der Waals surface area contributed by atoms with Crippen molar-refractivity contribution in [3.63, 3.8) is 0 Å². The number of fused-ring (bicyclic) bond motifs is 1. The molecule has 1 aliphatic heterocycles. The van der Waals surface area contributed by atoms with Gasteiger partial charge in [-0.15, -0.1) is 0 Å². The smallest absolute Gasteiger partial charge is 0.109 e. The number of H-pyrrole nitrogens is 1. The summed E-state index contributed by atoms with van der Waals surface area (Å²) in [5.74, 6) is 1.05. The number of hydrogen-bond donors (Lipinski definition) is 2. The number of rotatable bonds is 8. The molecule has 0 bridgehead atoms. The predicted molar refractivity (Wildman–Crippen MR) is 138 cm³/mol. The molecule has 0 unspecified atom stereocenters. The molecule has 0 spiro atoms. The summed E-state index contributed by atoms with van der Waals surface area (Å²) < 4.78 is 5.47. The Balaban J connectivity index is 2.09. The molecule has 5 heteroatoms. The minimum Gasteiger partial charge on any atom is -0.380 e. The summed E-state index contributed by atoms with van der Waals surface area (Å²) in [6.07, 6.45) is 8.36. The highest BCUT2D eigenvalue weighted by atomic mass is 16.5. The number of ether oxygens (including phenoxy) is 1. The van der Waals surface area contributed by atoms with Gasteiger partial charge in [-0.1, -0.05) is 26.0 Å². The van der Waals surface area contributed by atoms with E-state index < -0.39 is 0 Å². The molecule has 2 heterocycles. The van der Waals surface area contributed by atoms with E-state index in [-0.39, 0.29) is 0 Å². The predicted octanol–water partition coefficient (Wildman–Crippen LogP) is 5.85. The quantitative estimate of drug-likeness (QED) is 0.311. The third-order valence-electron chi connectivity index (χ3n) is 6.31. The van der Waals surface area contributed by atoms with Gasteiger partial charge in [-0.25, -0.2) is 4.99 Å². The molecule has 172 valence electrons. The van der Waals surface area contributed by atoms with Crippen LogP contribution < -0.4 is 5.32 Å². The van der Waals surface area contributed by atoms with Gasteiger partial charge in [0.1, 0.15) is 6.34 Å². The Morgan fingerprint density at radius 3 is 2.62 bits per heavy atom. The number of aromatic amines is 1. The molecule has 1 saturated heterocycles. The molecule has 1 aromatic heterocycles. The Kier molecular flexibility index (Phi) is 8.60. The molecule has 0 atom stereocenters. The summed E-state index contributed by atoms with van der Waals surface area (Å²) in [6.45, 7) is 11.4. The molecule has 32 heavy (non-hydrogen) atoms. The molecule has 0 aliphatic carbocycles. The largest absolute Gasteiger partial charge is 0.380 e. The first-order valence-corrected chi connectivity index (χ1v) is 11.7. The third kappa shape index (κ3) is 5.45. The molecule has 2 N–H and O–H groups in total. The lowest BCUT2D eigenvalue weighted by atomic mass is 9.88. The Morgan fingerprint density at radius 2 is 2.00 bits per heavy atom. The zero-order chi connectivity index (χ0) is 23.1. The highest BCUT2D eigenvalue weighted by Crippen LogP contribution is 2.36. The van der Waals surface area contributed by atoms with E-state index in [4.69, 9.17) is 4.74 Å². The minimum absolute atomic E-state index is 0.401. The van der Waals surface area contributed by atoms with Crippen molar-refractivity contribution in [3.8, 4) is 0 Å². The zero-order valence-electron chi connectivity index (χ0n) is 20.5. The van der Waals surface area contributed by atoms with Gasteiger partial charge >= 0.3 is 0 Å². The first-order valence-electron chi connectivity index (χ1n) is 11.7. The number of aromatic nitrogens is 1. The number of methoxy groups -OCH3 is 1. The lowest BCUT2D eigenvalue weighted by Gasteiger charge is -2.23. The number of piperidine rings is 1. The number of allylic oxidation sites excluding steroid dienone is 3. The van der Waals surface area contributed by atoms with Crippen molar-refractivity contribution >= 4 is 28.5 Å². The van der Waals surface area contributed by atoms with Crippen molar-refractivity contribution < 1.29 is 4.74 Å². The highest BCUT2D eigenvalue weighted by molar-refractivity contribution is 6.04. The van der Waals surface area contributed by atoms with E-state index in [9.17, 15) is 0 Å². The van der Waals surface area contributed by atoms with Crippen molar-refractivity contribution in [2.75, 3.05) is 33.9 Å². The number of aliphatic imine (C=N–C) groups is 2. The van der Waals surface area contributed by atoms with Gasteiger partial charge in [-0.3, -0.25) is 4.99 Å². The van der Waals surface area contributed by atoms with Gasteiger partial charge in [0, 0.05) is 36.5 Å². The molecule has 1 fully saturated rings. The second-order valence-corrected chi connectivity index (χ2v) is 8.83. The monoisotopic (exact) mass is 434 g/mol. The molecule has 1 aliphatic rings. The highest BCUT2D eigenvalue weighted by Gasteiger charge is 2.20. The van der Waals surface area contributed by atoms with Crippen LogP contribution in [0.15, 0.2) is 45.9 Å². The fourth-order valence-corrected chi connectivity index (χ4v) is 4.59.